The molecule has 2 heterocycles. The molecule has 0 saturated carbocycles. The average Bonchev–Trinajstić information content (AvgIpc) is 2.99. The van der Waals surface area contributed by atoms with E-state index in [9.17, 15) is 4.79 Å². The number of carbonyl (C=O) groups excluding carboxylic acids is 1. The third-order valence-corrected chi connectivity index (χ3v) is 4.16. The molecule has 22 heavy (non-hydrogen) atoms. The largest absolute Gasteiger partial charge is 0.486 e. The molecule has 0 spiro atoms. The number of urea groups is 1. The van der Waals surface area contributed by atoms with E-state index >= 15 is 0 Å². The van der Waals surface area contributed by atoms with E-state index in [2.05, 4.69) is 16.7 Å². The zero-order chi connectivity index (χ0) is 15.4. The summed E-state index contributed by atoms with van der Waals surface area (Å²) in [5.74, 6) is 1.37. The van der Waals surface area contributed by atoms with Crippen molar-refractivity contribution in [3.05, 3.63) is 40.6 Å². The molecule has 0 saturated heterocycles. The summed E-state index contributed by atoms with van der Waals surface area (Å²) in [7, 11) is 0. The minimum atomic E-state index is -0.222. The molecule has 1 aliphatic heterocycles. The van der Waals surface area contributed by atoms with E-state index in [4.69, 9.17) is 9.47 Å². The fraction of sp³-hybridized carbons (Fsp3) is 0.312. The molecule has 0 radical (unpaired) electrons. The Hall–Kier alpha value is -2.21. The van der Waals surface area contributed by atoms with Gasteiger partial charge >= 0.3 is 6.03 Å². The van der Waals surface area contributed by atoms with Crippen molar-refractivity contribution in [2.75, 3.05) is 18.5 Å². The van der Waals surface area contributed by atoms with E-state index in [1.807, 2.05) is 18.4 Å². The lowest BCUT2D eigenvalue weighted by atomic mass is 10.2. The fourth-order valence-corrected chi connectivity index (χ4v) is 3.13. The number of rotatable bonds is 4. The summed E-state index contributed by atoms with van der Waals surface area (Å²) in [4.78, 5) is 13.3. The number of carbonyl (C=O) groups is 1. The molecule has 2 aromatic rings. The second-order valence-corrected chi connectivity index (χ2v) is 6.17. The van der Waals surface area contributed by atoms with Crippen LogP contribution in [0.3, 0.4) is 0 Å². The Morgan fingerprint density at radius 1 is 1.27 bits per heavy atom. The Labute approximate surface area is 133 Å². The lowest BCUT2D eigenvalue weighted by Crippen LogP contribution is -2.37. The van der Waals surface area contributed by atoms with Gasteiger partial charge in [0.05, 0.1) is 0 Å². The number of thiophene rings is 1. The molecule has 3 rings (SSSR count). The van der Waals surface area contributed by atoms with Crippen LogP contribution in [0, 0.1) is 0 Å². The molecule has 0 bridgehead atoms. The Kier molecular flexibility index (Phi) is 4.48. The molecule has 1 aromatic carbocycles. The van der Waals surface area contributed by atoms with Crippen LogP contribution in [-0.2, 0) is 6.42 Å². The van der Waals surface area contributed by atoms with Gasteiger partial charge in [-0.25, -0.2) is 4.79 Å². The quantitative estimate of drug-likeness (QED) is 0.909. The number of fused-ring (bicyclic) bond motifs is 1. The van der Waals surface area contributed by atoms with Gasteiger partial charge in [-0.15, -0.1) is 11.3 Å². The molecule has 2 N–H and O–H groups in total. The molecule has 0 aliphatic carbocycles. The van der Waals surface area contributed by atoms with Crippen LogP contribution in [-0.4, -0.2) is 25.3 Å². The Morgan fingerprint density at radius 3 is 2.86 bits per heavy atom. The normalized spacial score (nSPS) is 14.2. The molecule has 116 valence electrons. The lowest BCUT2D eigenvalue weighted by Gasteiger charge is -2.19. The highest BCUT2D eigenvalue weighted by Crippen LogP contribution is 2.32. The lowest BCUT2D eigenvalue weighted by molar-refractivity contribution is 0.171. The highest BCUT2D eigenvalue weighted by atomic mass is 32.1. The van der Waals surface area contributed by atoms with Crippen LogP contribution in [0.1, 0.15) is 11.8 Å². The van der Waals surface area contributed by atoms with Gasteiger partial charge in [-0.1, -0.05) is 6.07 Å². The number of amides is 2. The second kappa shape index (κ2) is 6.70. The number of ether oxygens (including phenoxy) is 2. The van der Waals surface area contributed by atoms with Crippen molar-refractivity contribution >= 4 is 23.1 Å². The van der Waals surface area contributed by atoms with Gasteiger partial charge in [0.1, 0.15) is 13.2 Å². The fourth-order valence-electron chi connectivity index (χ4n) is 2.29. The highest BCUT2D eigenvalue weighted by molar-refractivity contribution is 7.09. The first-order valence-corrected chi connectivity index (χ1v) is 8.08. The molecular weight excluding hydrogens is 300 g/mol. The van der Waals surface area contributed by atoms with Crippen LogP contribution < -0.4 is 20.1 Å². The van der Waals surface area contributed by atoms with E-state index < -0.39 is 0 Å². The molecule has 6 heteroatoms. The van der Waals surface area contributed by atoms with Crippen molar-refractivity contribution in [3.8, 4) is 11.5 Å². The summed E-state index contributed by atoms with van der Waals surface area (Å²) in [6.07, 6.45) is 0.826. The molecule has 1 aliphatic rings. The molecule has 0 unspecified atom stereocenters. The van der Waals surface area contributed by atoms with Crippen molar-refractivity contribution in [1.82, 2.24) is 5.32 Å². The summed E-state index contributed by atoms with van der Waals surface area (Å²) < 4.78 is 11.0. The van der Waals surface area contributed by atoms with Crippen molar-refractivity contribution in [2.45, 2.75) is 19.4 Å². The van der Waals surface area contributed by atoms with E-state index in [0.29, 0.717) is 30.4 Å². The van der Waals surface area contributed by atoms with Crippen molar-refractivity contribution in [2.24, 2.45) is 0 Å². The minimum Gasteiger partial charge on any atom is -0.486 e. The van der Waals surface area contributed by atoms with Crippen LogP contribution in [0.25, 0.3) is 0 Å². The standard InChI is InChI=1S/C16H18N2O3S/c1-11(9-13-3-2-8-22-13)17-16(19)18-12-4-5-14-15(10-12)21-7-6-20-14/h2-5,8,10-11H,6-7,9H2,1H3,(H2,17,18,19)/t11-/m1/s1. The van der Waals surface area contributed by atoms with Gasteiger partial charge in [-0.2, -0.15) is 0 Å². The number of benzene rings is 1. The van der Waals surface area contributed by atoms with Crippen LogP contribution in [0.4, 0.5) is 10.5 Å². The van der Waals surface area contributed by atoms with Crippen LogP contribution >= 0.6 is 11.3 Å². The first kappa shape index (κ1) is 14.7. The third-order valence-electron chi connectivity index (χ3n) is 3.27. The van der Waals surface area contributed by atoms with Gasteiger partial charge < -0.3 is 20.1 Å². The van der Waals surface area contributed by atoms with Gasteiger partial charge in [0, 0.05) is 29.1 Å². The molecule has 5 nitrogen and oxygen atoms in total. The summed E-state index contributed by atoms with van der Waals surface area (Å²) in [5, 5.41) is 7.79. The van der Waals surface area contributed by atoms with E-state index in [-0.39, 0.29) is 12.1 Å². The first-order valence-electron chi connectivity index (χ1n) is 7.20. The molecule has 1 atom stereocenters. The number of hydrogen-bond donors (Lipinski definition) is 2. The second-order valence-electron chi connectivity index (χ2n) is 5.14. The smallest absolute Gasteiger partial charge is 0.319 e. The summed E-state index contributed by atoms with van der Waals surface area (Å²) in [6.45, 7) is 3.07. The van der Waals surface area contributed by atoms with Gasteiger partial charge in [0.2, 0.25) is 0 Å². The topological polar surface area (TPSA) is 59.6 Å². The van der Waals surface area contributed by atoms with Gasteiger partial charge in [-0.05, 0) is 30.5 Å². The van der Waals surface area contributed by atoms with E-state index in [1.54, 1.807) is 29.5 Å². The van der Waals surface area contributed by atoms with Crippen LogP contribution in [0.2, 0.25) is 0 Å². The van der Waals surface area contributed by atoms with Gasteiger partial charge in [0.25, 0.3) is 0 Å². The minimum absolute atomic E-state index is 0.0656. The SMILES string of the molecule is C[C@H](Cc1cccs1)NC(=O)Nc1ccc2c(c1)OCCO2. The predicted octanol–water partition coefficient (Wildman–Crippen LogP) is 3.27. The van der Waals surface area contributed by atoms with Crippen LogP contribution in [0.5, 0.6) is 11.5 Å². The van der Waals surface area contributed by atoms with Gasteiger partial charge in [-0.3, -0.25) is 0 Å². The highest BCUT2D eigenvalue weighted by Gasteiger charge is 2.13. The molecule has 0 fully saturated rings. The van der Waals surface area contributed by atoms with Crippen molar-refractivity contribution in [3.63, 3.8) is 0 Å². The Balaban J connectivity index is 1.55. The Morgan fingerprint density at radius 2 is 2.09 bits per heavy atom. The molecule has 1 aromatic heterocycles. The average molecular weight is 318 g/mol. The van der Waals surface area contributed by atoms with E-state index in [1.165, 1.54) is 4.88 Å². The predicted molar refractivity (Wildman–Crippen MR) is 87.1 cm³/mol. The number of anilines is 1. The third kappa shape index (κ3) is 3.71. The summed E-state index contributed by atoms with van der Waals surface area (Å²) in [6, 6.07) is 9.31. The monoisotopic (exact) mass is 318 g/mol. The maximum Gasteiger partial charge on any atom is 0.319 e. The number of hydrogen-bond acceptors (Lipinski definition) is 4. The summed E-state index contributed by atoms with van der Waals surface area (Å²) >= 11 is 1.70. The van der Waals surface area contributed by atoms with E-state index in [0.717, 1.165) is 6.42 Å². The summed E-state index contributed by atoms with van der Waals surface area (Å²) in [5.41, 5.74) is 0.685. The van der Waals surface area contributed by atoms with Gasteiger partial charge in [0.15, 0.2) is 11.5 Å². The zero-order valence-corrected chi connectivity index (χ0v) is 13.1. The van der Waals surface area contributed by atoms with Crippen molar-refractivity contribution in [1.29, 1.82) is 0 Å². The number of nitrogens with one attached hydrogen (secondary N) is 2. The van der Waals surface area contributed by atoms with Crippen molar-refractivity contribution < 1.29 is 14.3 Å². The van der Waals surface area contributed by atoms with Crippen LogP contribution in [0.15, 0.2) is 35.7 Å². The maximum absolute atomic E-state index is 12.0. The molecule has 2 amide bonds. The Bertz CT molecular complexity index is 643. The first-order chi connectivity index (χ1) is 10.7. The maximum atomic E-state index is 12.0. The zero-order valence-electron chi connectivity index (χ0n) is 12.3. The molecular formula is C16H18N2O3S.